The predicted octanol–water partition coefficient (Wildman–Crippen LogP) is 2.06. The third kappa shape index (κ3) is 3.57. The maximum atomic E-state index is 5.40. The summed E-state index contributed by atoms with van der Waals surface area (Å²) in [6.07, 6.45) is 6.93. The molecule has 4 nitrogen and oxygen atoms in total. The Morgan fingerprint density at radius 3 is 2.87 bits per heavy atom. The predicted molar refractivity (Wildman–Crippen MR) is 66.8 cm³/mol. The van der Waals surface area contributed by atoms with Crippen LogP contribution in [0.4, 0.5) is 5.95 Å². The van der Waals surface area contributed by atoms with Crippen molar-refractivity contribution in [3.05, 3.63) is 16.0 Å². The van der Waals surface area contributed by atoms with Gasteiger partial charge in [-0.3, -0.25) is 0 Å². The summed E-state index contributed by atoms with van der Waals surface area (Å²) >= 11 is 2.20. The van der Waals surface area contributed by atoms with Crippen molar-refractivity contribution < 1.29 is 4.74 Å². The minimum Gasteiger partial charge on any atom is -0.381 e. The van der Waals surface area contributed by atoms with Crippen LogP contribution in [0.25, 0.3) is 0 Å². The zero-order valence-electron chi connectivity index (χ0n) is 8.45. The summed E-state index contributed by atoms with van der Waals surface area (Å²) < 4.78 is 6.46. The van der Waals surface area contributed by atoms with Gasteiger partial charge >= 0.3 is 0 Å². The Morgan fingerprint density at radius 1 is 1.27 bits per heavy atom. The Kier molecular flexibility index (Phi) is 4.13. The van der Waals surface area contributed by atoms with E-state index in [9.17, 15) is 0 Å². The molecule has 1 unspecified atom stereocenters. The van der Waals surface area contributed by atoms with E-state index in [4.69, 9.17) is 4.74 Å². The van der Waals surface area contributed by atoms with Crippen LogP contribution in [0.2, 0.25) is 0 Å². The molecule has 0 aromatic carbocycles. The molecule has 1 aliphatic rings. The maximum Gasteiger partial charge on any atom is 0.222 e. The van der Waals surface area contributed by atoms with Gasteiger partial charge in [-0.05, 0) is 41.9 Å². The molecule has 2 rings (SSSR count). The molecule has 0 saturated carbocycles. The van der Waals surface area contributed by atoms with Crippen LogP contribution in [0.1, 0.15) is 19.3 Å². The normalized spacial score (nSPS) is 22.1. The first-order valence-electron chi connectivity index (χ1n) is 5.16. The van der Waals surface area contributed by atoms with Gasteiger partial charge in [0.25, 0.3) is 0 Å². The molecule has 1 fully saturated rings. The molecule has 1 aromatic heterocycles. The highest BCUT2D eigenvalue weighted by Gasteiger charge is 2.12. The Labute approximate surface area is 103 Å². The van der Waals surface area contributed by atoms with E-state index in [1.54, 1.807) is 0 Å². The SMILES string of the molecule is Ic1cnc(NC2CCCOCC2)nc1. The number of anilines is 1. The molecule has 2 heterocycles. The number of hydrogen-bond acceptors (Lipinski definition) is 4. The second-order valence-corrected chi connectivity index (χ2v) is 4.86. The number of rotatable bonds is 2. The molecular formula is C10H14IN3O. The van der Waals surface area contributed by atoms with Crippen LogP contribution < -0.4 is 5.32 Å². The Bertz CT molecular complexity index is 296. The smallest absolute Gasteiger partial charge is 0.222 e. The first-order chi connectivity index (χ1) is 7.34. The summed E-state index contributed by atoms with van der Waals surface area (Å²) in [6.45, 7) is 1.72. The van der Waals surface area contributed by atoms with Crippen molar-refractivity contribution in [1.82, 2.24) is 9.97 Å². The first-order valence-corrected chi connectivity index (χ1v) is 6.24. The van der Waals surface area contributed by atoms with Crippen LogP contribution in [0.3, 0.4) is 0 Å². The summed E-state index contributed by atoms with van der Waals surface area (Å²) in [5, 5.41) is 3.34. The van der Waals surface area contributed by atoms with Crippen molar-refractivity contribution in [2.75, 3.05) is 18.5 Å². The molecule has 1 atom stereocenters. The van der Waals surface area contributed by atoms with Gasteiger partial charge in [0, 0.05) is 35.2 Å². The number of hydrogen-bond donors (Lipinski definition) is 1. The largest absolute Gasteiger partial charge is 0.381 e. The van der Waals surface area contributed by atoms with Crippen molar-refractivity contribution in [3.8, 4) is 0 Å². The van der Waals surface area contributed by atoms with Gasteiger partial charge in [0.15, 0.2) is 0 Å². The van der Waals surface area contributed by atoms with Gasteiger partial charge in [-0.25, -0.2) is 9.97 Å². The van der Waals surface area contributed by atoms with Crippen LogP contribution in [0.5, 0.6) is 0 Å². The highest BCUT2D eigenvalue weighted by atomic mass is 127. The Hall–Kier alpha value is -0.430. The van der Waals surface area contributed by atoms with Crippen LogP contribution in [-0.2, 0) is 4.74 Å². The zero-order chi connectivity index (χ0) is 10.5. The Balaban J connectivity index is 1.92. The Morgan fingerprint density at radius 2 is 2.07 bits per heavy atom. The summed E-state index contributed by atoms with van der Waals surface area (Å²) in [4.78, 5) is 8.46. The van der Waals surface area contributed by atoms with Gasteiger partial charge in [0.1, 0.15) is 0 Å². The first kappa shape index (κ1) is 11.1. The van der Waals surface area contributed by atoms with Crippen molar-refractivity contribution in [1.29, 1.82) is 0 Å². The fraction of sp³-hybridized carbons (Fsp3) is 0.600. The van der Waals surface area contributed by atoms with Gasteiger partial charge in [0.05, 0.1) is 0 Å². The summed E-state index contributed by atoms with van der Waals surface area (Å²) in [5.41, 5.74) is 0. The third-order valence-electron chi connectivity index (χ3n) is 2.41. The van der Waals surface area contributed by atoms with Crippen molar-refractivity contribution in [2.45, 2.75) is 25.3 Å². The molecule has 0 aliphatic carbocycles. The topological polar surface area (TPSA) is 47.0 Å². The van der Waals surface area contributed by atoms with Crippen LogP contribution in [0, 0.1) is 3.57 Å². The molecule has 1 N–H and O–H groups in total. The number of ether oxygens (including phenoxy) is 1. The van der Waals surface area contributed by atoms with Gasteiger partial charge in [0.2, 0.25) is 5.95 Å². The van der Waals surface area contributed by atoms with Gasteiger partial charge in [-0.1, -0.05) is 0 Å². The summed E-state index contributed by atoms with van der Waals surface area (Å²) in [5.74, 6) is 0.724. The number of nitrogens with zero attached hydrogens (tertiary/aromatic N) is 2. The molecule has 0 spiro atoms. The standard InChI is InChI=1S/C10H14IN3O/c11-8-6-12-10(13-7-8)14-9-2-1-4-15-5-3-9/h6-7,9H,1-5H2,(H,12,13,14). The van der Waals surface area contributed by atoms with E-state index in [2.05, 4.69) is 37.9 Å². The van der Waals surface area contributed by atoms with E-state index in [1.165, 1.54) is 0 Å². The van der Waals surface area contributed by atoms with Crippen LogP contribution >= 0.6 is 22.6 Å². The van der Waals surface area contributed by atoms with Crippen molar-refractivity contribution in [2.24, 2.45) is 0 Å². The minimum absolute atomic E-state index is 0.451. The van der Waals surface area contributed by atoms with Gasteiger partial charge in [-0.15, -0.1) is 0 Å². The molecular weight excluding hydrogens is 305 g/mol. The molecule has 5 heteroatoms. The van der Waals surface area contributed by atoms with Crippen molar-refractivity contribution >= 4 is 28.5 Å². The van der Waals surface area contributed by atoms with E-state index >= 15 is 0 Å². The average Bonchev–Trinajstić information content (AvgIpc) is 2.50. The molecule has 15 heavy (non-hydrogen) atoms. The zero-order valence-corrected chi connectivity index (χ0v) is 10.6. The van der Waals surface area contributed by atoms with E-state index in [1.807, 2.05) is 12.4 Å². The lowest BCUT2D eigenvalue weighted by atomic mass is 10.1. The maximum absolute atomic E-state index is 5.40. The van der Waals surface area contributed by atoms with E-state index in [0.29, 0.717) is 6.04 Å². The van der Waals surface area contributed by atoms with Crippen molar-refractivity contribution in [3.63, 3.8) is 0 Å². The second kappa shape index (κ2) is 5.60. The highest BCUT2D eigenvalue weighted by molar-refractivity contribution is 14.1. The number of nitrogens with one attached hydrogen (secondary N) is 1. The van der Waals surface area contributed by atoms with Gasteiger partial charge < -0.3 is 10.1 Å². The lowest BCUT2D eigenvalue weighted by Crippen LogP contribution is -2.21. The molecule has 1 saturated heterocycles. The summed E-state index contributed by atoms with van der Waals surface area (Å²) in [7, 11) is 0. The molecule has 0 amide bonds. The van der Waals surface area contributed by atoms with Crippen LogP contribution in [-0.4, -0.2) is 29.2 Å². The minimum atomic E-state index is 0.451. The molecule has 1 aliphatic heterocycles. The van der Waals surface area contributed by atoms with Gasteiger partial charge in [-0.2, -0.15) is 0 Å². The summed E-state index contributed by atoms with van der Waals surface area (Å²) in [6, 6.07) is 0.451. The molecule has 0 radical (unpaired) electrons. The highest BCUT2D eigenvalue weighted by Crippen LogP contribution is 2.12. The average molecular weight is 319 g/mol. The van der Waals surface area contributed by atoms with E-state index in [-0.39, 0.29) is 0 Å². The monoisotopic (exact) mass is 319 g/mol. The second-order valence-electron chi connectivity index (χ2n) is 3.61. The van der Waals surface area contributed by atoms with E-state index in [0.717, 1.165) is 42.0 Å². The van der Waals surface area contributed by atoms with E-state index < -0.39 is 0 Å². The quantitative estimate of drug-likeness (QED) is 0.848. The molecule has 0 bridgehead atoms. The molecule has 82 valence electrons. The lowest BCUT2D eigenvalue weighted by Gasteiger charge is -2.14. The number of aromatic nitrogens is 2. The fourth-order valence-corrected chi connectivity index (χ4v) is 1.90. The lowest BCUT2D eigenvalue weighted by molar-refractivity contribution is 0.144. The molecule has 1 aromatic rings. The number of halogens is 1. The third-order valence-corrected chi connectivity index (χ3v) is 2.96. The van der Waals surface area contributed by atoms with Crippen LogP contribution in [0.15, 0.2) is 12.4 Å². The fourth-order valence-electron chi connectivity index (χ4n) is 1.62.